The summed E-state index contributed by atoms with van der Waals surface area (Å²) < 4.78 is 58.9. The number of carbonyl (C=O) groups is 2. The number of Topliss-reactive ketones (excluding diaryl/α,β-unsaturated/α-hetero) is 1. The summed E-state index contributed by atoms with van der Waals surface area (Å²) in [7, 11) is 2.82. The third kappa shape index (κ3) is 8.93. The largest absolute Gasteiger partial charge is 0.469 e. The van der Waals surface area contributed by atoms with Crippen LogP contribution in [-0.2, 0) is 42.7 Å². The van der Waals surface area contributed by atoms with Crippen LogP contribution in [0.4, 0.5) is 4.39 Å². The van der Waals surface area contributed by atoms with Gasteiger partial charge in [0, 0.05) is 50.0 Å². The molecule has 0 aliphatic carbocycles. The summed E-state index contributed by atoms with van der Waals surface area (Å²) in [5.74, 6) is -5.93. The van der Waals surface area contributed by atoms with Gasteiger partial charge in [0.25, 0.3) is 0 Å². The van der Waals surface area contributed by atoms with Crippen molar-refractivity contribution in [2.75, 3.05) is 20.8 Å². The van der Waals surface area contributed by atoms with E-state index < -0.39 is 71.3 Å². The molecule has 12 nitrogen and oxygen atoms in total. The Kier molecular flexibility index (Phi) is 14.1. The summed E-state index contributed by atoms with van der Waals surface area (Å²) >= 11 is 0. The van der Waals surface area contributed by atoms with Crippen LogP contribution in [0.25, 0.3) is 0 Å². The fourth-order valence-corrected chi connectivity index (χ4v) is 11.5. The van der Waals surface area contributed by atoms with Gasteiger partial charge in [-0.3, -0.25) is 9.59 Å². The van der Waals surface area contributed by atoms with Crippen molar-refractivity contribution < 1.29 is 62.5 Å². The van der Waals surface area contributed by atoms with E-state index in [1.54, 1.807) is 14.0 Å². The molecule has 6 rings (SSSR count). The second kappa shape index (κ2) is 18.0. The van der Waals surface area contributed by atoms with Gasteiger partial charge in [0.05, 0.1) is 73.6 Å². The molecule has 5 fully saturated rings. The maximum absolute atomic E-state index is 13.9. The van der Waals surface area contributed by atoms with E-state index in [1.807, 2.05) is 20.8 Å². The van der Waals surface area contributed by atoms with Crippen LogP contribution in [0.5, 0.6) is 0 Å². The van der Waals surface area contributed by atoms with Gasteiger partial charge in [-0.25, -0.2) is 4.39 Å². The molecule has 0 aromatic heterocycles. The molecule has 5 aliphatic rings. The molecule has 1 spiro atoms. The molecule has 0 amide bonds. The summed E-state index contributed by atoms with van der Waals surface area (Å²) in [5, 5.41) is 32.6. The Morgan fingerprint density at radius 3 is 2.31 bits per heavy atom. The summed E-state index contributed by atoms with van der Waals surface area (Å²) in [4.78, 5) is 26.7. The molecule has 59 heavy (non-hydrogen) atoms. The van der Waals surface area contributed by atoms with E-state index in [1.165, 1.54) is 31.4 Å². The Balaban J connectivity index is 1.13. The van der Waals surface area contributed by atoms with Gasteiger partial charge in [-0.2, -0.15) is 0 Å². The smallest absolute Gasteiger partial charge is 0.313 e. The van der Waals surface area contributed by atoms with Gasteiger partial charge in [-0.15, -0.1) is 0 Å². The normalized spacial score (nSPS) is 43.4. The lowest BCUT2D eigenvalue weighted by Crippen LogP contribution is -2.57. The quantitative estimate of drug-likeness (QED) is 0.182. The number of hydrogen-bond donors (Lipinski definition) is 3. The van der Waals surface area contributed by atoms with Crippen LogP contribution in [0.2, 0.25) is 0 Å². The van der Waals surface area contributed by atoms with E-state index in [0.29, 0.717) is 24.8 Å². The minimum Gasteiger partial charge on any atom is -0.469 e. The maximum atomic E-state index is 13.9. The third-order valence-electron chi connectivity index (χ3n) is 15.3. The fourth-order valence-electron chi connectivity index (χ4n) is 11.5. The minimum atomic E-state index is -1.59. The molecule has 334 valence electrons. The molecule has 0 saturated carbocycles. The average molecular weight is 835 g/mol. The topological polar surface area (TPSA) is 159 Å². The van der Waals surface area contributed by atoms with Crippen molar-refractivity contribution in [3.8, 4) is 0 Å². The number of aliphatic hydroxyl groups is 3. The van der Waals surface area contributed by atoms with Crippen LogP contribution in [-0.4, -0.2) is 113 Å². The summed E-state index contributed by atoms with van der Waals surface area (Å²) in [5.41, 5.74) is -0.756. The molecule has 5 saturated heterocycles. The molecule has 0 radical (unpaired) electrons. The van der Waals surface area contributed by atoms with Crippen LogP contribution in [0.15, 0.2) is 24.3 Å². The molecule has 1 aromatic carbocycles. The van der Waals surface area contributed by atoms with E-state index in [2.05, 4.69) is 27.7 Å². The standard InChI is InChI=1S/C46H71FO12/c1-11-44(41-26(3)21-36(55-41)38-25(2)20-27(4)46(52,24-48)58-38)17-16-37(56-44)43(8)18-19-45(59-43)23-35(50)29(6)40(57-45)30(7)39(53-9)28(5)34(49)22-33(42(51)54-10)31-12-14-32(47)15-13-31/h12-15,25-30,33,35-41,48,50,52H,11,16-24H2,1-10H3. The maximum Gasteiger partial charge on any atom is 0.313 e. The highest BCUT2D eigenvalue weighted by molar-refractivity contribution is 5.89. The van der Waals surface area contributed by atoms with Crippen LogP contribution >= 0.6 is 0 Å². The number of carbonyl (C=O) groups excluding carboxylic acids is 2. The SMILES string of the molecule is CCC1(C2OC(C3OC(O)(CO)C(C)CC3C)CC2C)CCC(C2(C)CCC3(CC(O)C(C)C(C(C)C(OC)C(C)C(=O)CC(C(=O)OC)c4ccc(F)cc4)O3)O2)O1. The predicted molar refractivity (Wildman–Crippen MR) is 215 cm³/mol. The zero-order valence-electron chi connectivity index (χ0n) is 36.9. The highest BCUT2D eigenvalue weighted by Gasteiger charge is 2.62. The van der Waals surface area contributed by atoms with E-state index >= 15 is 0 Å². The van der Waals surface area contributed by atoms with E-state index in [9.17, 15) is 29.3 Å². The number of methoxy groups -OCH3 is 2. The predicted octanol–water partition coefficient (Wildman–Crippen LogP) is 6.24. The first-order valence-electron chi connectivity index (χ1n) is 22.1. The molecule has 18 atom stereocenters. The van der Waals surface area contributed by atoms with Crippen molar-refractivity contribution in [1.29, 1.82) is 0 Å². The first-order chi connectivity index (χ1) is 27.8. The first kappa shape index (κ1) is 46.4. The Hall–Kier alpha value is -2.07. The summed E-state index contributed by atoms with van der Waals surface area (Å²) in [6, 6.07) is 5.50. The molecule has 18 unspecified atom stereocenters. The number of ether oxygens (including phenoxy) is 7. The van der Waals surface area contributed by atoms with Gasteiger partial charge in [-0.05, 0) is 75.0 Å². The molecule has 5 heterocycles. The van der Waals surface area contributed by atoms with Crippen molar-refractivity contribution in [3.63, 3.8) is 0 Å². The van der Waals surface area contributed by atoms with Crippen LogP contribution < -0.4 is 0 Å². The molecule has 5 aliphatic heterocycles. The Morgan fingerprint density at radius 2 is 1.68 bits per heavy atom. The molecular weight excluding hydrogens is 763 g/mol. The molecule has 3 N–H and O–H groups in total. The van der Waals surface area contributed by atoms with Gasteiger partial charge in [0.1, 0.15) is 11.6 Å². The number of esters is 1. The van der Waals surface area contributed by atoms with Crippen LogP contribution in [0.3, 0.4) is 0 Å². The van der Waals surface area contributed by atoms with E-state index in [4.69, 9.17) is 33.2 Å². The van der Waals surface area contributed by atoms with E-state index in [0.717, 1.165) is 32.1 Å². The Morgan fingerprint density at radius 1 is 0.983 bits per heavy atom. The fraction of sp³-hybridized carbons (Fsp3) is 0.826. The zero-order valence-corrected chi connectivity index (χ0v) is 36.9. The van der Waals surface area contributed by atoms with Crippen molar-refractivity contribution in [1.82, 2.24) is 0 Å². The number of rotatable bonds is 14. The third-order valence-corrected chi connectivity index (χ3v) is 15.3. The lowest BCUT2D eigenvalue weighted by atomic mass is 9.76. The Bertz CT molecular complexity index is 1610. The highest BCUT2D eigenvalue weighted by Crippen LogP contribution is 2.55. The van der Waals surface area contributed by atoms with Crippen LogP contribution in [0.1, 0.15) is 125 Å². The first-order valence-corrected chi connectivity index (χ1v) is 22.1. The summed E-state index contributed by atoms with van der Waals surface area (Å²) in [6.45, 7) is 15.7. The zero-order chi connectivity index (χ0) is 43.2. The van der Waals surface area contributed by atoms with Gasteiger partial charge in [0.2, 0.25) is 0 Å². The van der Waals surface area contributed by atoms with Crippen molar-refractivity contribution in [2.45, 2.75) is 185 Å². The molecular formula is C46H71FO12. The molecule has 13 heteroatoms. The second-order valence-corrected chi connectivity index (χ2v) is 19.3. The number of hydrogen-bond acceptors (Lipinski definition) is 12. The number of benzene rings is 1. The molecule has 1 aromatic rings. The monoisotopic (exact) mass is 834 g/mol. The lowest BCUT2D eigenvalue weighted by Gasteiger charge is -2.49. The number of halogens is 1. The highest BCUT2D eigenvalue weighted by atomic mass is 19.1. The van der Waals surface area contributed by atoms with Gasteiger partial charge < -0.3 is 48.5 Å². The Labute approximate surface area is 350 Å². The van der Waals surface area contributed by atoms with Crippen LogP contribution in [0, 0.1) is 41.3 Å². The number of ketones is 1. The summed E-state index contributed by atoms with van der Waals surface area (Å²) in [6.07, 6.45) is 2.29. The molecule has 0 bridgehead atoms. The van der Waals surface area contributed by atoms with Crippen molar-refractivity contribution in [3.05, 3.63) is 35.6 Å². The minimum absolute atomic E-state index is 0.146. The van der Waals surface area contributed by atoms with Crippen molar-refractivity contribution in [2.24, 2.45) is 35.5 Å². The second-order valence-electron chi connectivity index (χ2n) is 19.3. The van der Waals surface area contributed by atoms with Crippen molar-refractivity contribution >= 4 is 11.8 Å². The lowest BCUT2D eigenvalue weighted by molar-refractivity contribution is -0.336. The average Bonchev–Trinajstić information content (AvgIpc) is 3.93. The van der Waals surface area contributed by atoms with Gasteiger partial charge in [0.15, 0.2) is 11.6 Å². The van der Waals surface area contributed by atoms with E-state index in [-0.39, 0.29) is 66.2 Å². The number of aliphatic hydroxyl groups excluding tert-OH is 2. The van der Waals surface area contributed by atoms with Gasteiger partial charge >= 0.3 is 5.97 Å². The van der Waals surface area contributed by atoms with Gasteiger partial charge in [-0.1, -0.05) is 60.6 Å².